The highest BCUT2D eigenvalue weighted by molar-refractivity contribution is 7.22. The summed E-state index contributed by atoms with van der Waals surface area (Å²) in [5, 5.41) is 2.95. The second-order valence-corrected chi connectivity index (χ2v) is 8.30. The SMILES string of the molecule is Cc1ccc2nc(N(CCN(C)C)C(=O)c3ccc4ccccc4c3)sc2c1.[Cl-]. The van der Waals surface area contributed by atoms with Crippen molar-refractivity contribution in [3.05, 3.63) is 71.8 Å². The molecule has 0 fully saturated rings. The Kier molecular flexibility index (Phi) is 6.52. The predicted octanol–water partition coefficient (Wildman–Crippen LogP) is 1.97. The number of hydrogen-bond donors (Lipinski definition) is 0. The summed E-state index contributed by atoms with van der Waals surface area (Å²) in [4.78, 5) is 22.1. The van der Waals surface area contributed by atoms with Crippen molar-refractivity contribution in [2.45, 2.75) is 6.92 Å². The van der Waals surface area contributed by atoms with Crippen molar-refractivity contribution in [3.63, 3.8) is 0 Å². The lowest BCUT2D eigenvalue weighted by molar-refractivity contribution is -0.0000134. The Morgan fingerprint density at radius 1 is 0.966 bits per heavy atom. The molecule has 0 spiro atoms. The lowest BCUT2D eigenvalue weighted by Gasteiger charge is -2.22. The lowest BCUT2D eigenvalue weighted by Crippen LogP contribution is -3.00. The van der Waals surface area contributed by atoms with Crippen LogP contribution in [0.15, 0.2) is 60.7 Å². The van der Waals surface area contributed by atoms with Crippen molar-refractivity contribution in [1.29, 1.82) is 0 Å². The maximum Gasteiger partial charge on any atom is 0.260 e. The van der Waals surface area contributed by atoms with Gasteiger partial charge in [-0.2, -0.15) is 0 Å². The zero-order valence-corrected chi connectivity index (χ0v) is 18.3. The first-order valence-electron chi connectivity index (χ1n) is 9.34. The summed E-state index contributed by atoms with van der Waals surface area (Å²) >= 11 is 1.57. The summed E-state index contributed by atoms with van der Waals surface area (Å²) in [5.41, 5.74) is 2.82. The number of carbonyl (C=O) groups excluding carboxylic acids is 1. The van der Waals surface area contributed by atoms with Crippen molar-refractivity contribution in [3.8, 4) is 0 Å². The van der Waals surface area contributed by atoms with Crippen LogP contribution in [0.4, 0.5) is 5.13 Å². The van der Waals surface area contributed by atoms with Crippen LogP contribution < -0.4 is 17.3 Å². The minimum atomic E-state index is -0.0108. The van der Waals surface area contributed by atoms with Crippen LogP contribution in [0.2, 0.25) is 0 Å². The summed E-state index contributed by atoms with van der Waals surface area (Å²) in [7, 11) is 4.03. The molecule has 0 N–H and O–H groups in total. The number of fused-ring (bicyclic) bond motifs is 2. The third-order valence-electron chi connectivity index (χ3n) is 4.78. The number of rotatable bonds is 5. The number of benzene rings is 3. The van der Waals surface area contributed by atoms with E-state index in [2.05, 4.69) is 30.0 Å². The number of amides is 1. The Labute approximate surface area is 181 Å². The lowest BCUT2D eigenvalue weighted by atomic mass is 10.1. The third-order valence-corrected chi connectivity index (χ3v) is 5.82. The van der Waals surface area contributed by atoms with Crippen LogP contribution in [0.3, 0.4) is 0 Å². The van der Waals surface area contributed by atoms with Gasteiger partial charge in [0.05, 0.1) is 10.2 Å². The van der Waals surface area contributed by atoms with Crippen molar-refractivity contribution in [2.24, 2.45) is 0 Å². The molecule has 0 saturated heterocycles. The normalized spacial score (nSPS) is 11.0. The number of aryl methyl sites for hydroxylation is 1. The highest BCUT2D eigenvalue weighted by atomic mass is 35.5. The first-order chi connectivity index (χ1) is 13.5. The Balaban J connectivity index is 0.00000240. The molecule has 1 aromatic heterocycles. The van der Waals surface area contributed by atoms with Gasteiger partial charge in [-0.15, -0.1) is 0 Å². The van der Waals surface area contributed by atoms with E-state index in [1.165, 1.54) is 5.56 Å². The second-order valence-electron chi connectivity index (χ2n) is 7.29. The Morgan fingerprint density at radius 3 is 2.48 bits per heavy atom. The predicted molar refractivity (Wildman–Crippen MR) is 119 cm³/mol. The van der Waals surface area contributed by atoms with Gasteiger partial charge in [-0.1, -0.05) is 47.7 Å². The summed E-state index contributed by atoms with van der Waals surface area (Å²) in [6.45, 7) is 3.44. The molecule has 0 bridgehead atoms. The van der Waals surface area contributed by atoms with Crippen LogP contribution in [0.1, 0.15) is 15.9 Å². The highest BCUT2D eigenvalue weighted by Crippen LogP contribution is 2.30. The van der Waals surface area contributed by atoms with Crippen molar-refractivity contribution < 1.29 is 17.2 Å². The van der Waals surface area contributed by atoms with E-state index >= 15 is 0 Å². The van der Waals surface area contributed by atoms with Crippen LogP contribution in [0.5, 0.6) is 0 Å². The molecule has 0 unspecified atom stereocenters. The molecule has 29 heavy (non-hydrogen) atoms. The van der Waals surface area contributed by atoms with Gasteiger partial charge in [-0.3, -0.25) is 9.69 Å². The molecule has 150 valence electrons. The van der Waals surface area contributed by atoms with E-state index < -0.39 is 0 Å². The number of halogens is 1. The van der Waals surface area contributed by atoms with Crippen LogP contribution in [-0.2, 0) is 0 Å². The average Bonchev–Trinajstić information content (AvgIpc) is 3.10. The van der Waals surface area contributed by atoms with Gasteiger partial charge in [0.15, 0.2) is 5.13 Å². The fourth-order valence-corrected chi connectivity index (χ4v) is 4.29. The molecule has 3 aromatic carbocycles. The minimum Gasteiger partial charge on any atom is -1.00 e. The van der Waals surface area contributed by atoms with Gasteiger partial charge in [-0.25, -0.2) is 4.98 Å². The fraction of sp³-hybridized carbons (Fsp3) is 0.217. The molecule has 0 atom stereocenters. The molecule has 4 nitrogen and oxygen atoms in total. The molecule has 4 aromatic rings. The molecule has 0 radical (unpaired) electrons. The van der Waals surface area contributed by atoms with E-state index in [1.54, 1.807) is 11.3 Å². The molecular formula is C23H23ClN3OS-. The molecule has 0 aliphatic carbocycles. The Hall–Kier alpha value is -2.47. The van der Waals surface area contributed by atoms with E-state index in [1.807, 2.05) is 61.5 Å². The molecule has 0 saturated carbocycles. The maximum atomic E-state index is 13.4. The van der Waals surface area contributed by atoms with E-state index in [4.69, 9.17) is 4.98 Å². The average molecular weight is 425 g/mol. The van der Waals surface area contributed by atoms with Gasteiger partial charge in [0.2, 0.25) is 0 Å². The number of carbonyl (C=O) groups is 1. The molecule has 1 heterocycles. The molecular weight excluding hydrogens is 402 g/mol. The monoisotopic (exact) mass is 424 g/mol. The summed E-state index contributed by atoms with van der Waals surface area (Å²) in [6, 6.07) is 20.2. The molecule has 0 aliphatic heterocycles. The van der Waals surface area contributed by atoms with E-state index in [9.17, 15) is 4.79 Å². The highest BCUT2D eigenvalue weighted by Gasteiger charge is 2.21. The van der Waals surface area contributed by atoms with Gasteiger partial charge in [0.25, 0.3) is 5.91 Å². The first kappa shape index (κ1) is 21.2. The zero-order chi connectivity index (χ0) is 19.7. The maximum absolute atomic E-state index is 13.4. The number of nitrogens with zero attached hydrogens (tertiary/aromatic N) is 3. The van der Waals surface area contributed by atoms with Gasteiger partial charge in [0.1, 0.15) is 0 Å². The Morgan fingerprint density at radius 2 is 1.72 bits per heavy atom. The van der Waals surface area contributed by atoms with Gasteiger partial charge < -0.3 is 17.3 Å². The summed E-state index contributed by atoms with van der Waals surface area (Å²) in [6.07, 6.45) is 0. The number of anilines is 1. The molecule has 4 rings (SSSR count). The molecule has 0 aliphatic rings. The number of hydrogen-bond acceptors (Lipinski definition) is 4. The standard InChI is InChI=1S/C23H23N3OS.ClH/c1-16-8-11-20-21(14-16)28-23(24-20)26(13-12-25(2)3)22(27)19-10-9-17-6-4-5-7-18(17)15-19;/h4-11,14-15H,12-13H2,1-3H3;1H/p-1. The quantitative estimate of drug-likeness (QED) is 0.491. The first-order valence-corrected chi connectivity index (χ1v) is 10.2. The number of aromatic nitrogens is 1. The van der Waals surface area contributed by atoms with Crippen LogP contribution in [-0.4, -0.2) is 43.0 Å². The van der Waals surface area contributed by atoms with Crippen LogP contribution in [0.25, 0.3) is 21.0 Å². The minimum absolute atomic E-state index is 0. The third kappa shape index (κ3) is 4.58. The second kappa shape index (κ2) is 8.91. The van der Waals surface area contributed by atoms with Gasteiger partial charge >= 0.3 is 0 Å². The van der Waals surface area contributed by atoms with E-state index in [0.29, 0.717) is 12.1 Å². The zero-order valence-electron chi connectivity index (χ0n) is 16.7. The Bertz CT molecular complexity index is 1160. The van der Waals surface area contributed by atoms with Gasteiger partial charge in [-0.05, 0) is 61.6 Å². The summed E-state index contributed by atoms with van der Waals surface area (Å²) < 4.78 is 1.11. The van der Waals surface area contributed by atoms with Crippen molar-refractivity contribution in [1.82, 2.24) is 9.88 Å². The van der Waals surface area contributed by atoms with Crippen molar-refractivity contribution >= 4 is 43.4 Å². The number of thiazole rings is 1. The van der Waals surface area contributed by atoms with Crippen LogP contribution in [0, 0.1) is 6.92 Å². The van der Waals surface area contributed by atoms with Crippen molar-refractivity contribution in [2.75, 3.05) is 32.1 Å². The van der Waals surface area contributed by atoms with Crippen LogP contribution >= 0.6 is 11.3 Å². The fourth-order valence-electron chi connectivity index (χ4n) is 3.20. The molecule has 1 amide bonds. The van der Waals surface area contributed by atoms with E-state index in [-0.39, 0.29) is 18.3 Å². The van der Waals surface area contributed by atoms with Gasteiger partial charge in [0, 0.05) is 18.7 Å². The topological polar surface area (TPSA) is 36.4 Å². The largest absolute Gasteiger partial charge is 1.00 e. The van der Waals surface area contributed by atoms with E-state index in [0.717, 1.165) is 32.7 Å². The molecule has 6 heteroatoms. The summed E-state index contributed by atoms with van der Waals surface area (Å²) in [5.74, 6) is -0.0108. The smallest absolute Gasteiger partial charge is 0.260 e. The number of likely N-dealkylation sites (N-methyl/N-ethyl adjacent to an activating group) is 1.